The van der Waals surface area contributed by atoms with E-state index in [4.69, 9.17) is 4.74 Å². The molecule has 0 amide bonds. The van der Waals surface area contributed by atoms with Crippen LogP contribution in [0.15, 0.2) is 76.0 Å². The zero-order chi connectivity index (χ0) is 22.2. The van der Waals surface area contributed by atoms with Crippen molar-refractivity contribution in [1.29, 1.82) is 0 Å². The molecule has 7 nitrogen and oxygen atoms in total. The molecule has 158 valence electrons. The molecule has 3 aromatic carbocycles. The lowest BCUT2D eigenvalue weighted by molar-refractivity contribution is -0.384. The lowest BCUT2D eigenvalue weighted by Gasteiger charge is -2.09. The van der Waals surface area contributed by atoms with E-state index < -0.39 is 4.92 Å². The number of imidazole rings is 1. The Hall–Kier alpha value is -3.56. The van der Waals surface area contributed by atoms with E-state index in [1.54, 1.807) is 16.5 Å². The summed E-state index contributed by atoms with van der Waals surface area (Å²) in [7, 11) is 0. The fourth-order valence-electron chi connectivity index (χ4n) is 3.36. The fourth-order valence-corrected chi connectivity index (χ4v) is 4.86. The molecule has 0 spiro atoms. The molecule has 0 bridgehead atoms. The molecule has 0 saturated carbocycles. The Bertz CT molecular complexity index is 1590. The molecule has 0 saturated heterocycles. The highest BCUT2D eigenvalue weighted by molar-refractivity contribution is 9.10. The van der Waals surface area contributed by atoms with Gasteiger partial charge in [0.2, 0.25) is 0 Å². The van der Waals surface area contributed by atoms with Gasteiger partial charge in [0, 0.05) is 12.1 Å². The molecule has 0 unspecified atom stereocenters. The average Bonchev–Trinajstić information content (AvgIpc) is 3.29. The SMILES string of the molecule is O=c1c(=Cc2ccc(OCc3ccc([N+](=O)[O-])cc3)c(Br)c2)sc2nc3ccccc3n12. The highest BCUT2D eigenvalue weighted by atomic mass is 79.9. The Morgan fingerprint density at radius 1 is 1.12 bits per heavy atom. The first-order valence-electron chi connectivity index (χ1n) is 9.57. The lowest BCUT2D eigenvalue weighted by atomic mass is 10.2. The Kier molecular flexibility index (Phi) is 5.20. The highest BCUT2D eigenvalue weighted by Gasteiger charge is 2.11. The van der Waals surface area contributed by atoms with Crippen molar-refractivity contribution in [3.8, 4) is 5.75 Å². The van der Waals surface area contributed by atoms with Gasteiger partial charge >= 0.3 is 0 Å². The van der Waals surface area contributed by atoms with Gasteiger partial charge in [-0.05, 0) is 69.5 Å². The van der Waals surface area contributed by atoms with Crippen LogP contribution in [0.3, 0.4) is 0 Å². The third kappa shape index (κ3) is 3.76. The summed E-state index contributed by atoms with van der Waals surface area (Å²) in [5, 5.41) is 10.8. The molecular formula is C23H14BrN3O4S. The smallest absolute Gasteiger partial charge is 0.274 e. The number of halogens is 1. The minimum Gasteiger partial charge on any atom is -0.488 e. The number of nitro benzene ring substituents is 1. The van der Waals surface area contributed by atoms with Crippen LogP contribution in [0.25, 0.3) is 22.1 Å². The van der Waals surface area contributed by atoms with Crippen molar-refractivity contribution in [2.24, 2.45) is 0 Å². The number of non-ortho nitro benzene ring substituents is 1. The minimum absolute atomic E-state index is 0.0431. The number of hydrogen-bond acceptors (Lipinski definition) is 6. The molecule has 5 rings (SSSR count). The predicted molar refractivity (Wildman–Crippen MR) is 127 cm³/mol. The summed E-state index contributed by atoms with van der Waals surface area (Å²) in [5.74, 6) is 0.634. The van der Waals surface area contributed by atoms with Gasteiger partial charge in [-0.3, -0.25) is 14.9 Å². The van der Waals surface area contributed by atoms with Gasteiger partial charge in [-0.15, -0.1) is 0 Å². The second-order valence-corrected chi connectivity index (χ2v) is 8.90. The van der Waals surface area contributed by atoms with Crippen LogP contribution < -0.4 is 14.8 Å². The monoisotopic (exact) mass is 507 g/mol. The quantitative estimate of drug-likeness (QED) is 0.254. The highest BCUT2D eigenvalue weighted by Crippen LogP contribution is 2.27. The summed E-state index contributed by atoms with van der Waals surface area (Å²) in [5.41, 5.74) is 3.24. The molecule has 0 fully saturated rings. The van der Waals surface area contributed by atoms with Crippen LogP contribution in [0.4, 0.5) is 5.69 Å². The van der Waals surface area contributed by atoms with Crippen LogP contribution >= 0.6 is 27.3 Å². The molecule has 0 aliphatic carbocycles. The number of fused-ring (bicyclic) bond motifs is 3. The van der Waals surface area contributed by atoms with E-state index in [9.17, 15) is 14.9 Å². The molecule has 0 aliphatic rings. The van der Waals surface area contributed by atoms with Crippen molar-refractivity contribution in [3.05, 3.63) is 107 Å². The normalized spacial score (nSPS) is 12.0. The summed E-state index contributed by atoms with van der Waals surface area (Å²) in [4.78, 5) is 28.4. The van der Waals surface area contributed by atoms with Gasteiger partial charge in [-0.2, -0.15) is 0 Å². The Morgan fingerprint density at radius 3 is 2.66 bits per heavy atom. The molecule has 0 atom stereocenters. The third-order valence-electron chi connectivity index (χ3n) is 4.94. The Balaban J connectivity index is 1.39. The van der Waals surface area contributed by atoms with Crippen LogP contribution in [0, 0.1) is 10.1 Å². The lowest BCUT2D eigenvalue weighted by Crippen LogP contribution is -2.22. The number of thiazole rings is 1. The Labute approximate surface area is 193 Å². The molecule has 0 radical (unpaired) electrons. The summed E-state index contributed by atoms with van der Waals surface area (Å²) in [6, 6.07) is 19.4. The van der Waals surface area contributed by atoms with Crippen LogP contribution in [0.2, 0.25) is 0 Å². The van der Waals surface area contributed by atoms with E-state index in [-0.39, 0.29) is 17.9 Å². The van der Waals surface area contributed by atoms with Gasteiger partial charge < -0.3 is 4.74 Å². The van der Waals surface area contributed by atoms with Crippen molar-refractivity contribution in [2.45, 2.75) is 6.61 Å². The molecule has 5 aromatic rings. The average molecular weight is 508 g/mol. The zero-order valence-electron chi connectivity index (χ0n) is 16.4. The second kappa shape index (κ2) is 8.18. The van der Waals surface area contributed by atoms with Crippen molar-refractivity contribution in [1.82, 2.24) is 9.38 Å². The van der Waals surface area contributed by atoms with Gasteiger partial charge in [0.25, 0.3) is 11.2 Å². The van der Waals surface area contributed by atoms with Crippen molar-refractivity contribution in [3.63, 3.8) is 0 Å². The molecule has 0 N–H and O–H groups in total. The summed E-state index contributed by atoms with van der Waals surface area (Å²) in [6.07, 6.45) is 1.83. The van der Waals surface area contributed by atoms with Gasteiger partial charge in [0.05, 0.1) is 25.0 Å². The number of nitrogens with zero attached hydrogens (tertiary/aromatic N) is 3. The summed E-state index contributed by atoms with van der Waals surface area (Å²) in [6.45, 7) is 0.277. The van der Waals surface area contributed by atoms with Gasteiger partial charge in [-0.25, -0.2) is 9.38 Å². The number of hydrogen-bond donors (Lipinski definition) is 0. The van der Waals surface area contributed by atoms with Gasteiger partial charge in [0.1, 0.15) is 12.4 Å². The number of rotatable bonds is 5. The van der Waals surface area contributed by atoms with Crippen LogP contribution in [0.5, 0.6) is 5.75 Å². The maximum absolute atomic E-state index is 12.9. The first-order chi connectivity index (χ1) is 15.5. The largest absolute Gasteiger partial charge is 0.488 e. The number of benzene rings is 3. The van der Waals surface area contributed by atoms with E-state index in [2.05, 4.69) is 20.9 Å². The molecule has 2 heterocycles. The van der Waals surface area contributed by atoms with Crippen molar-refractivity contribution >= 4 is 55.0 Å². The van der Waals surface area contributed by atoms with E-state index >= 15 is 0 Å². The topological polar surface area (TPSA) is 86.7 Å². The second-order valence-electron chi connectivity index (χ2n) is 7.04. The molecule has 32 heavy (non-hydrogen) atoms. The van der Waals surface area contributed by atoms with Crippen molar-refractivity contribution in [2.75, 3.05) is 0 Å². The first kappa shape index (κ1) is 20.3. The van der Waals surface area contributed by atoms with E-state index in [1.165, 1.54) is 23.5 Å². The molecule has 0 aliphatic heterocycles. The third-order valence-corrected chi connectivity index (χ3v) is 6.53. The first-order valence-corrected chi connectivity index (χ1v) is 11.2. The standard InChI is InChI=1S/C23H14BrN3O4S/c24-17-11-15(7-10-20(17)31-13-14-5-8-16(9-6-14)27(29)30)12-21-22(28)26-19-4-2-1-3-18(19)25-23(26)32-21/h1-12H,13H2. The van der Waals surface area contributed by atoms with Crippen LogP contribution in [-0.2, 0) is 6.61 Å². The number of ether oxygens (including phenoxy) is 1. The predicted octanol–water partition coefficient (Wildman–Crippen LogP) is 4.71. The van der Waals surface area contributed by atoms with E-state index in [0.717, 1.165) is 26.6 Å². The fraction of sp³-hybridized carbons (Fsp3) is 0.0435. The van der Waals surface area contributed by atoms with Crippen LogP contribution in [0.1, 0.15) is 11.1 Å². The zero-order valence-corrected chi connectivity index (χ0v) is 18.8. The Morgan fingerprint density at radius 2 is 1.91 bits per heavy atom. The maximum Gasteiger partial charge on any atom is 0.274 e. The van der Waals surface area contributed by atoms with Crippen LogP contribution in [-0.4, -0.2) is 14.3 Å². The summed E-state index contributed by atoms with van der Waals surface area (Å²) < 4.78 is 8.82. The maximum atomic E-state index is 12.9. The molecule has 2 aromatic heterocycles. The van der Waals surface area contributed by atoms with Gasteiger partial charge in [-0.1, -0.05) is 29.5 Å². The number of aromatic nitrogens is 2. The molecule has 9 heteroatoms. The number of nitro groups is 1. The van der Waals surface area contributed by atoms with Gasteiger partial charge in [0.15, 0.2) is 4.96 Å². The number of para-hydroxylation sites is 2. The van der Waals surface area contributed by atoms with E-state index in [0.29, 0.717) is 15.2 Å². The minimum atomic E-state index is -0.433. The molecular weight excluding hydrogens is 494 g/mol. The summed E-state index contributed by atoms with van der Waals surface area (Å²) >= 11 is 4.87. The van der Waals surface area contributed by atoms with E-state index in [1.807, 2.05) is 48.5 Å². The van der Waals surface area contributed by atoms with Crippen molar-refractivity contribution < 1.29 is 9.66 Å².